The molecule has 0 radical (unpaired) electrons. The molecular weight excluding hydrogens is 246 g/mol. The zero-order chi connectivity index (χ0) is 14.2. The minimum Gasteiger partial charge on any atom is -0.272 e. The van der Waals surface area contributed by atoms with Crippen molar-refractivity contribution < 1.29 is 9.59 Å². The normalized spacial score (nSPS) is 11.6. The number of amides is 2. The van der Waals surface area contributed by atoms with E-state index in [1.807, 2.05) is 0 Å². The second kappa shape index (κ2) is 4.43. The van der Waals surface area contributed by atoms with Crippen molar-refractivity contribution in [1.82, 2.24) is 19.6 Å². The fraction of sp³-hybridized carbons (Fsp3) is 0.333. The smallest absolute Gasteiger partial charge is 0.272 e. The third-order valence-electron chi connectivity index (χ3n) is 2.59. The summed E-state index contributed by atoms with van der Waals surface area (Å²) in [6.45, 7) is 5.07. The summed E-state index contributed by atoms with van der Waals surface area (Å²) < 4.78 is 1.45. The van der Waals surface area contributed by atoms with Crippen LogP contribution in [0, 0.1) is 5.41 Å². The van der Waals surface area contributed by atoms with Crippen LogP contribution in [-0.4, -0.2) is 31.4 Å². The van der Waals surface area contributed by atoms with Gasteiger partial charge in [0.25, 0.3) is 5.91 Å². The third-order valence-corrected chi connectivity index (χ3v) is 2.59. The molecule has 0 bridgehead atoms. The van der Waals surface area contributed by atoms with Crippen LogP contribution in [0.5, 0.6) is 0 Å². The zero-order valence-corrected chi connectivity index (χ0v) is 11.0. The Morgan fingerprint density at radius 3 is 2.68 bits per heavy atom. The number of hydrogen-bond acceptors (Lipinski definition) is 5. The number of carbonyl (C=O) groups excluding carboxylic acids is 2. The fourth-order valence-corrected chi connectivity index (χ4v) is 1.56. The van der Waals surface area contributed by atoms with E-state index < -0.39 is 17.2 Å². The van der Waals surface area contributed by atoms with E-state index in [1.165, 1.54) is 10.7 Å². The lowest BCUT2D eigenvalue weighted by Crippen LogP contribution is -2.48. The molecule has 2 N–H and O–H groups in total. The van der Waals surface area contributed by atoms with E-state index in [0.717, 1.165) is 0 Å². The van der Waals surface area contributed by atoms with Gasteiger partial charge in [-0.1, -0.05) is 20.8 Å². The maximum atomic E-state index is 12.2. The zero-order valence-electron chi connectivity index (χ0n) is 11.0. The largest absolute Gasteiger partial charge is 0.280 e. The molecule has 100 valence electrons. The highest BCUT2D eigenvalue weighted by atomic mass is 16.2. The van der Waals surface area contributed by atoms with Crippen molar-refractivity contribution in [2.24, 2.45) is 11.3 Å². The number of fused-ring (bicyclic) bond motifs is 1. The van der Waals surface area contributed by atoms with Gasteiger partial charge in [0.1, 0.15) is 5.56 Å². The molecule has 0 aliphatic carbocycles. The Kier molecular flexibility index (Phi) is 3.07. The SMILES string of the molecule is CC(C)(C)C(=O)N(N)C(=O)c1cnn2cccnc12. The van der Waals surface area contributed by atoms with Crippen molar-refractivity contribution in [3.8, 4) is 0 Å². The summed E-state index contributed by atoms with van der Waals surface area (Å²) in [6, 6.07) is 1.69. The summed E-state index contributed by atoms with van der Waals surface area (Å²) >= 11 is 0. The van der Waals surface area contributed by atoms with Gasteiger partial charge in [0.05, 0.1) is 6.20 Å². The van der Waals surface area contributed by atoms with E-state index in [2.05, 4.69) is 10.1 Å². The van der Waals surface area contributed by atoms with Crippen molar-refractivity contribution >= 4 is 17.5 Å². The second-order valence-corrected chi connectivity index (χ2v) is 5.18. The van der Waals surface area contributed by atoms with Crippen LogP contribution in [0.1, 0.15) is 31.1 Å². The number of nitrogens with two attached hydrogens (primary N) is 1. The summed E-state index contributed by atoms with van der Waals surface area (Å²) in [4.78, 5) is 28.2. The highest BCUT2D eigenvalue weighted by molar-refractivity contribution is 6.08. The molecule has 0 spiro atoms. The van der Waals surface area contributed by atoms with E-state index in [9.17, 15) is 9.59 Å². The molecule has 2 amide bonds. The fourth-order valence-electron chi connectivity index (χ4n) is 1.56. The molecule has 2 aromatic rings. The molecule has 0 fully saturated rings. The number of nitrogens with zero attached hydrogens (tertiary/aromatic N) is 4. The summed E-state index contributed by atoms with van der Waals surface area (Å²) in [5.41, 5.74) is -0.175. The Bertz CT molecular complexity index is 641. The van der Waals surface area contributed by atoms with Crippen LogP contribution < -0.4 is 5.84 Å². The average Bonchev–Trinajstić information content (AvgIpc) is 2.78. The molecule has 7 heteroatoms. The van der Waals surface area contributed by atoms with E-state index in [-0.39, 0.29) is 5.56 Å². The first kappa shape index (κ1) is 13.2. The summed E-state index contributed by atoms with van der Waals surface area (Å²) in [5.74, 6) is 4.52. The van der Waals surface area contributed by atoms with E-state index in [1.54, 1.807) is 39.2 Å². The number of aromatic nitrogens is 3. The predicted molar refractivity (Wildman–Crippen MR) is 67.8 cm³/mol. The number of hydrogen-bond donors (Lipinski definition) is 1. The summed E-state index contributed by atoms with van der Waals surface area (Å²) in [6.07, 6.45) is 4.55. The number of carbonyl (C=O) groups is 2. The molecule has 0 unspecified atom stereocenters. The lowest BCUT2D eigenvalue weighted by atomic mass is 9.95. The van der Waals surface area contributed by atoms with Crippen molar-refractivity contribution in [3.05, 3.63) is 30.2 Å². The number of imide groups is 1. The van der Waals surface area contributed by atoms with Gasteiger partial charge < -0.3 is 0 Å². The van der Waals surface area contributed by atoms with Gasteiger partial charge in [-0.05, 0) is 6.07 Å². The third kappa shape index (κ3) is 2.32. The van der Waals surface area contributed by atoms with Gasteiger partial charge in [-0.2, -0.15) is 5.10 Å². The van der Waals surface area contributed by atoms with Crippen LogP contribution in [-0.2, 0) is 4.79 Å². The molecule has 0 aliphatic rings. The van der Waals surface area contributed by atoms with Crippen LogP contribution in [0.4, 0.5) is 0 Å². The summed E-state index contributed by atoms with van der Waals surface area (Å²) in [5, 5.41) is 4.60. The van der Waals surface area contributed by atoms with E-state index in [0.29, 0.717) is 10.7 Å². The number of rotatable bonds is 1. The van der Waals surface area contributed by atoms with Gasteiger partial charge in [-0.15, -0.1) is 0 Å². The van der Waals surface area contributed by atoms with Crippen LogP contribution in [0.25, 0.3) is 5.65 Å². The van der Waals surface area contributed by atoms with Crippen molar-refractivity contribution in [1.29, 1.82) is 0 Å². The van der Waals surface area contributed by atoms with Gasteiger partial charge in [0, 0.05) is 17.8 Å². The monoisotopic (exact) mass is 261 g/mol. The minimum absolute atomic E-state index is 0.195. The van der Waals surface area contributed by atoms with E-state index >= 15 is 0 Å². The number of hydrazine groups is 1. The Morgan fingerprint density at radius 2 is 2.05 bits per heavy atom. The molecule has 0 aliphatic heterocycles. The lowest BCUT2D eigenvalue weighted by molar-refractivity contribution is -0.136. The van der Waals surface area contributed by atoms with Crippen LogP contribution in [0.15, 0.2) is 24.7 Å². The first-order chi connectivity index (χ1) is 8.82. The Labute approximate surface area is 110 Å². The molecule has 2 rings (SSSR count). The maximum absolute atomic E-state index is 12.2. The topological polar surface area (TPSA) is 93.6 Å². The van der Waals surface area contributed by atoms with Gasteiger partial charge in [-0.3, -0.25) is 9.59 Å². The highest BCUT2D eigenvalue weighted by Gasteiger charge is 2.31. The van der Waals surface area contributed by atoms with Crippen molar-refractivity contribution in [3.63, 3.8) is 0 Å². The predicted octanol–water partition coefficient (Wildman–Crippen LogP) is 0.618. The Balaban J connectivity index is 2.37. The van der Waals surface area contributed by atoms with Crippen LogP contribution in [0.3, 0.4) is 0 Å². The van der Waals surface area contributed by atoms with Crippen molar-refractivity contribution in [2.75, 3.05) is 0 Å². The van der Waals surface area contributed by atoms with Gasteiger partial charge in [0.2, 0.25) is 5.91 Å². The highest BCUT2D eigenvalue weighted by Crippen LogP contribution is 2.18. The lowest BCUT2D eigenvalue weighted by Gasteiger charge is -2.23. The molecule has 0 saturated carbocycles. The molecule has 2 heterocycles. The van der Waals surface area contributed by atoms with Gasteiger partial charge in [-0.25, -0.2) is 20.4 Å². The molecule has 0 aromatic carbocycles. The molecular formula is C12H15N5O2. The quantitative estimate of drug-likeness (QED) is 0.461. The maximum Gasteiger partial charge on any atom is 0.280 e. The molecule has 19 heavy (non-hydrogen) atoms. The molecule has 7 nitrogen and oxygen atoms in total. The summed E-state index contributed by atoms with van der Waals surface area (Å²) in [7, 11) is 0. The van der Waals surface area contributed by atoms with Gasteiger partial charge in [0.15, 0.2) is 5.65 Å². The Hall–Kier alpha value is -2.28. The molecule has 0 atom stereocenters. The molecule has 0 saturated heterocycles. The van der Waals surface area contributed by atoms with Gasteiger partial charge >= 0.3 is 0 Å². The minimum atomic E-state index is -0.735. The molecule has 2 aromatic heterocycles. The van der Waals surface area contributed by atoms with Crippen LogP contribution >= 0.6 is 0 Å². The van der Waals surface area contributed by atoms with Crippen molar-refractivity contribution in [2.45, 2.75) is 20.8 Å². The standard InChI is InChI=1S/C12H15N5O2/c1-12(2,3)11(19)17(13)10(18)8-7-15-16-6-4-5-14-9(8)16/h4-7H,13H2,1-3H3. The second-order valence-electron chi connectivity index (χ2n) is 5.18. The first-order valence-electron chi connectivity index (χ1n) is 5.74. The average molecular weight is 261 g/mol. The van der Waals surface area contributed by atoms with E-state index in [4.69, 9.17) is 5.84 Å². The first-order valence-corrected chi connectivity index (χ1v) is 5.74. The Morgan fingerprint density at radius 1 is 1.37 bits per heavy atom. The van der Waals surface area contributed by atoms with Crippen LogP contribution in [0.2, 0.25) is 0 Å².